The largest absolute Gasteiger partial charge is 0.458 e. The highest BCUT2D eigenvalue weighted by Gasteiger charge is 2.57. The topological polar surface area (TPSA) is 85.4 Å². The van der Waals surface area contributed by atoms with Crippen LogP contribution >= 0.6 is 0 Å². The highest BCUT2D eigenvalue weighted by Crippen LogP contribution is 2.47. The number of aliphatic hydroxyl groups is 1. The first kappa shape index (κ1) is 18.9. The maximum absolute atomic E-state index is 12.4. The molecule has 6 atom stereocenters. The molecule has 6 nitrogen and oxygen atoms in total. The van der Waals surface area contributed by atoms with Crippen molar-refractivity contribution in [2.75, 3.05) is 0 Å². The molecule has 2 aliphatic heterocycles. The van der Waals surface area contributed by atoms with E-state index in [4.69, 9.17) is 14.2 Å². The number of rotatable bonds is 2. The van der Waals surface area contributed by atoms with E-state index in [9.17, 15) is 14.7 Å². The summed E-state index contributed by atoms with van der Waals surface area (Å²) in [5, 5.41) is 10.4. The molecular formula is C20H26O6. The third-order valence-corrected chi connectivity index (χ3v) is 5.71. The fourth-order valence-corrected chi connectivity index (χ4v) is 3.70. The molecule has 6 heteroatoms. The molecule has 1 aliphatic carbocycles. The van der Waals surface area contributed by atoms with Crippen LogP contribution in [0.5, 0.6) is 0 Å². The van der Waals surface area contributed by atoms with Gasteiger partial charge in [0.15, 0.2) is 0 Å². The quantitative estimate of drug-likeness (QED) is 0.351. The van der Waals surface area contributed by atoms with Crippen molar-refractivity contribution in [3.63, 3.8) is 0 Å². The zero-order valence-corrected chi connectivity index (χ0v) is 15.7. The van der Waals surface area contributed by atoms with Crippen LogP contribution in [0.1, 0.15) is 40.5 Å². The van der Waals surface area contributed by atoms with Crippen LogP contribution in [-0.4, -0.2) is 47.1 Å². The monoisotopic (exact) mass is 362 g/mol. The Labute approximate surface area is 153 Å². The second kappa shape index (κ2) is 6.67. The molecule has 0 saturated carbocycles. The number of fused-ring (bicyclic) bond motifs is 2. The van der Waals surface area contributed by atoms with Gasteiger partial charge in [-0.1, -0.05) is 12.7 Å². The Balaban J connectivity index is 1.98. The van der Waals surface area contributed by atoms with E-state index in [2.05, 4.69) is 6.58 Å². The van der Waals surface area contributed by atoms with Crippen LogP contribution in [0.25, 0.3) is 0 Å². The van der Waals surface area contributed by atoms with Gasteiger partial charge in [-0.3, -0.25) is 0 Å². The lowest BCUT2D eigenvalue weighted by Crippen LogP contribution is -2.37. The first-order valence-electron chi connectivity index (χ1n) is 8.94. The third-order valence-electron chi connectivity index (χ3n) is 5.71. The average molecular weight is 362 g/mol. The van der Waals surface area contributed by atoms with Crippen molar-refractivity contribution in [3.8, 4) is 0 Å². The average Bonchev–Trinajstić information content (AvgIpc) is 3.11. The predicted octanol–water partition coefficient (Wildman–Crippen LogP) is 2.22. The van der Waals surface area contributed by atoms with Gasteiger partial charge in [0.1, 0.15) is 12.2 Å². The molecule has 1 N–H and O–H groups in total. The molecule has 0 aromatic carbocycles. The Kier molecular flexibility index (Phi) is 4.84. The standard InChI is InChI=1S/C20H26O6/c1-6-10(2)18(22)25-15-9-20(5)16(26-20)8-13(21)11(3)7-14-17(15)12(4)19(23)24-14/h6-7,13-17,21H,4,8-9H2,1-3,5H3/b10-6-,11-7-/t13-,14-,15+,16+,17-,20+/m0/s1. The van der Waals surface area contributed by atoms with Gasteiger partial charge in [-0.25, -0.2) is 9.59 Å². The predicted molar refractivity (Wildman–Crippen MR) is 94.1 cm³/mol. The Morgan fingerprint density at radius 1 is 1.50 bits per heavy atom. The minimum atomic E-state index is -0.667. The van der Waals surface area contributed by atoms with E-state index >= 15 is 0 Å². The summed E-state index contributed by atoms with van der Waals surface area (Å²) in [6.07, 6.45) is 2.29. The highest BCUT2D eigenvalue weighted by atomic mass is 16.6. The van der Waals surface area contributed by atoms with Gasteiger partial charge in [-0.15, -0.1) is 0 Å². The molecule has 0 unspecified atom stereocenters. The van der Waals surface area contributed by atoms with Crippen LogP contribution in [0.2, 0.25) is 0 Å². The lowest BCUT2D eigenvalue weighted by atomic mass is 9.82. The van der Waals surface area contributed by atoms with Crippen LogP contribution in [0.15, 0.2) is 35.5 Å². The van der Waals surface area contributed by atoms with Crippen molar-refractivity contribution >= 4 is 11.9 Å². The molecule has 26 heavy (non-hydrogen) atoms. The van der Waals surface area contributed by atoms with E-state index in [0.717, 1.165) is 0 Å². The van der Waals surface area contributed by atoms with Gasteiger partial charge in [0.2, 0.25) is 0 Å². The van der Waals surface area contributed by atoms with E-state index in [1.54, 1.807) is 32.9 Å². The fraction of sp³-hybridized carbons (Fsp3) is 0.600. The van der Waals surface area contributed by atoms with Crippen molar-refractivity contribution in [3.05, 3.63) is 35.5 Å². The molecule has 0 spiro atoms. The normalized spacial score (nSPS) is 42.1. The van der Waals surface area contributed by atoms with Gasteiger partial charge in [0, 0.05) is 24.0 Å². The smallest absolute Gasteiger partial charge is 0.334 e. The Hall–Kier alpha value is -1.92. The number of hydrogen-bond acceptors (Lipinski definition) is 6. The summed E-state index contributed by atoms with van der Waals surface area (Å²) in [7, 11) is 0. The van der Waals surface area contributed by atoms with Gasteiger partial charge < -0.3 is 19.3 Å². The molecule has 0 amide bonds. The van der Waals surface area contributed by atoms with Crippen molar-refractivity contribution in [1.82, 2.24) is 0 Å². The van der Waals surface area contributed by atoms with Crippen molar-refractivity contribution < 1.29 is 28.9 Å². The summed E-state index contributed by atoms with van der Waals surface area (Å²) in [5.74, 6) is -1.43. The summed E-state index contributed by atoms with van der Waals surface area (Å²) in [4.78, 5) is 24.5. The first-order chi connectivity index (χ1) is 12.2. The van der Waals surface area contributed by atoms with E-state index < -0.39 is 41.8 Å². The summed E-state index contributed by atoms with van der Waals surface area (Å²) in [5.41, 5.74) is 0.974. The molecule has 2 saturated heterocycles. The van der Waals surface area contributed by atoms with Crippen LogP contribution in [-0.2, 0) is 23.8 Å². The lowest BCUT2D eigenvalue weighted by Gasteiger charge is -2.29. The molecule has 0 aromatic heterocycles. The zero-order valence-electron chi connectivity index (χ0n) is 15.7. The Morgan fingerprint density at radius 3 is 2.85 bits per heavy atom. The Bertz CT molecular complexity index is 705. The lowest BCUT2D eigenvalue weighted by molar-refractivity contribution is -0.148. The van der Waals surface area contributed by atoms with Crippen LogP contribution < -0.4 is 0 Å². The Morgan fingerprint density at radius 2 is 2.19 bits per heavy atom. The molecule has 142 valence electrons. The highest BCUT2D eigenvalue weighted by molar-refractivity contribution is 5.92. The maximum atomic E-state index is 12.4. The molecule has 3 rings (SSSR count). The van der Waals surface area contributed by atoms with Gasteiger partial charge in [-0.2, -0.15) is 0 Å². The number of esters is 2. The van der Waals surface area contributed by atoms with E-state index in [1.165, 1.54) is 0 Å². The minimum absolute atomic E-state index is 0.118. The van der Waals surface area contributed by atoms with E-state index in [-0.39, 0.29) is 11.7 Å². The number of carbonyl (C=O) groups excluding carboxylic acids is 2. The van der Waals surface area contributed by atoms with E-state index in [1.807, 2.05) is 6.92 Å². The summed E-state index contributed by atoms with van der Waals surface area (Å²) in [6, 6.07) is 0. The first-order valence-corrected chi connectivity index (χ1v) is 8.94. The molecular weight excluding hydrogens is 336 g/mol. The third kappa shape index (κ3) is 3.35. The fourth-order valence-electron chi connectivity index (χ4n) is 3.70. The second-order valence-electron chi connectivity index (χ2n) is 7.62. The number of epoxide rings is 1. The minimum Gasteiger partial charge on any atom is -0.458 e. The molecule has 0 bridgehead atoms. The second-order valence-corrected chi connectivity index (χ2v) is 7.62. The summed E-state index contributed by atoms with van der Waals surface area (Å²) < 4.78 is 17.0. The van der Waals surface area contributed by atoms with Gasteiger partial charge in [-0.05, 0) is 39.3 Å². The molecule has 3 aliphatic rings. The van der Waals surface area contributed by atoms with Gasteiger partial charge in [0.25, 0.3) is 0 Å². The molecule has 0 aromatic rings. The summed E-state index contributed by atoms with van der Waals surface area (Å²) in [6.45, 7) is 11.0. The van der Waals surface area contributed by atoms with Crippen molar-refractivity contribution in [1.29, 1.82) is 0 Å². The number of allylic oxidation sites excluding steroid dienone is 1. The van der Waals surface area contributed by atoms with Crippen molar-refractivity contribution in [2.45, 2.75) is 70.6 Å². The zero-order chi connectivity index (χ0) is 19.2. The van der Waals surface area contributed by atoms with Crippen LogP contribution in [0, 0.1) is 5.92 Å². The van der Waals surface area contributed by atoms with Crippen molar-refractivity contribution in [2.24, 2.45) is 5.92 Å². The summed E-state index contributed by atoms with van der Waals surface area (Å²) >= 11 is 0. The molecule has 0 radical (unpaired) electrons. The molecule has 2 fully saturated rings. The number of hydrogen-bond donors (Lipinski definition) is 1. The van der Waals surface area contributed by atoms with Crippen LogP contribution in [0.3, 0.4) is 0 Å². The SMILES string of the molecule is C=C1C(=O)O[C@H]2/C=C(/C)[C@@H](O)C[C@H]3O[C@]3(C)C[C@@H](OC(=O)/C(C)=C\C)[C@@H]12. The van der Waals surface area contributed by atoms with Crippen LogP contribution in [0.4, 0.5) is 0 Å². The maximum Gasteiger partial charge on any atom is 0.334 e. The molecule has 2 heterocycles. The number of ether oxygens (including phenoxy) is 3. The van der Waals surface area contributed by atoms with E-state index in [0.29, 0.717) is 24.0 Å². The van der Waals surface area contributed by atoms with Gasteiger partial charge >= 0.3 is 11.9 Å². The number of carbonyl (C=O) groups is 2. The van der Waals surface area contributed by atoms with Gasteiger partial charge in [0.05, 0.1) is 23.7 Å². The number of aliphatic hydroxyl groups excluding tert-OH is 1.